The molecule has 0 bridgehead atoms. The lowest BCUT2D eigenvalue weighted by atomic mass is 10.2. The van der Waals surface area contributed by atoms with E-state index >= 15 is 0 Å². The predicted molar refractivity (Wildman–Crippen MR) is 88.5 cm³/mol. The van der Waals surface area contributed by atoms with Crippen LogP contribution in [-0.2, 0) is 6.54 Å². The summed E-state index contributed by atoms with van der Waals surface area (Å²) < 4.78 is 5.94. The van der Waals surface area contributed by atoms with Gasteiger partial charge in [-0.25, -0.2) is 0 Å². The molecule has 1 aromatic carbocycles. The van der Waals surface area contributed by atoms with Crippen molar-refractivity contribution in [3.05, 3.63) is 53.4 Å². The summed E-state index contributed by atoms with van der Waals surface area (Å²) in [4.78, 5) is 5.00. The smallest absolute Gasteiger partial charge is 0.131 e. The predicted octanol–water partition coefficient (Wildman–Crippen LogP) is 3.39. The highest BCUT2D eigenvalue weighted by Gasteiger charge is 2.28. The molecule has 0 saturated heterocycles. The largest absolute Gasteiger partial charge is 0.462 e. The number of hydrogen-bond acceptors (Lipinski definition) is 3. The third-order valence-corrected chi connectivity index (χ3v) is 4.91. The molecule has 1 aliphatic carbocycles. The lowest BCUT2D eigenvalue weighted by Crippen LogP contribution is -2.29. The van der Waals surface area contributed by atoms with E-state index < -0.39 is 0 Å². The number of nitrogens with zero attached hydrogens (tertiary/aromatic N) is 2. The Morgan fingerprint density at radius 2 is 2.14 bits per heavy atom. The molecule has 0 spiro atoms. The van der Waals surface area contributed by atoms with Crippen LogP contribution in [0.1, 0.15) is 25.3 Å². The molecule has 2 heterocycles. The zero-order valence-electron chi connectivity index (χ0n) is 13.3. The van der Waals surface area contributed by atoms with Gasteiger partial charge in [0.05, 0.1) is 5.70 Å². The molecule has 1 fully saturated rings. The lowest BCUT2D eigenvalue weighted by molar-refractivity contribution is 0.296. The average Bonchev–Trinajstić information content (AvgIpc) is 3.31. The monoisotopic (exact) mass is 296 g/mol. The highest BCUT2D eigenvalue weighted by molar-refractivity contribution is 5.42. The molecular weight excluding hydrogens is 272 g/mol. The van der Waals surface area contributed by atoms with E-state index in [2.05, 4.69) is 41.0 Å². The van der Waals surface area contributed by atoms with Gasteiger partial charge in [0, 0.05) is 31.7 Å². The van der Waals surface area contributed by atoms with Crippen LogP contribution in [0, 0.1) is 5.92 Å². The highest BCUT2D eigenvalue weighted by Crippen LogP contribution is 2.33. The molecule has 0 aromatic heterocycles. The Labute approximate surface area is 132 Å². The maximum absolute atomic E-state index is 5.94. The van der Waals surface area contributed by atoms with Crippen molar-refractivity contribution in [2.24, 2.45) is 5.92 Å². The molecule has 0 N–H and O–H groups in total. The van der Waals surface area contributed by atoms with Crippen LogP contribution < -0.4 is 4.74 Å². The first-order valence-electron chi connectivity index (χ1n) is 8.45. The van der Waals surface area contributed by atoms with Gasteiger partial charge in [0.1, 0.15) is 12.0 Å². The summed E-state index contributed by atoms with van der Waals surface area (Å²) in [5.41, 5.74) is 3.97. The molecule has 0 atom stereocenters. The van der Waals surface area contributed by atoms with Crippen molar-refractivity contribution in [3.63, 3.8) is 0 Å². The van der Waals surface area contributed by atoms with E-state index in [1.807, 2.05) is 12.3 Å². The van der Waals surface area contributed by atoms with E-state index in [-0.39, 0.29) is 0 Å². The van der Waals surface area contributed by atoms with Gasteiger partial charge in [-0.15, -0.1) is 0 Å². The van der Waals surface area contributed by atoms with Gasteiger partial charge in [-0.1, -0.05) is 31.2 Å². The molecule has 0 radical (unpaired) electrons. The lowest BCUT2D eigenvalue weighted by Gasteiger charge is -2.24. The summed E-state index contributed by atoms with van der Waals surface area (Å²) in [6.07, 6.45) is 7.17. The zero-order chi connectivity index (χ0) is 14.9. The molecule has 3 nitrogen and oxygen atoms in total. The van der Waals surface area contributed by atoms with Crippen LogP contribution in [0.3, 0.4) is 0 Å². The fourth-order valence-corrected chi connectivity index (χ4v) is 3.36. The maximum Gasteiger partial charge on any atom is 0.131 e. The zero-order valence-corrected chi connectivity index (χ0v) is 13.3. The van der Waals surface area contributed by atoms with Crippen molar-refractivity contribution in [1.82, 2.24) is 9.80 Å². The van der Waals surface area contributed by atoms with Gasteiger partial charge in [-0.05, 0) is 36.9 Å². The molecule has 116 valence electrons. The number of fused-ring (bicyclic) bond motifs is 2. The topological polar surface area (TPSA) is 15.7 Å². The standard InChI is InChI=1S/C19H24N2O/c1-2-20(11-15-7-8-15)12-16-9-10-21-13-17-5-3-4-6-19(17)22-14-18(16)21/h3-6,9,14-15H,2,7-8,10-13H2,1H3. The van der Waals surface area contributed by atoms with E-state index in [9.17, 15) is 0 Å². The molecule has 3 aliphatic rings. The Morgan fingerprint density at radius 1 is 1.27 bits per heavy atom. The molecule has 0 amide bonds. The van der Waals surface area contributed by atoms with Gasteiger partial charge in [0.15, 0.2) is 0 Å². The summed E-state index contributed by atoms with van der Waals surface area (Å²) in [7, 11) is 0. The van der Waals surface area contributed by atoms with Crippen molar-refractivity contribution in [3.8, 4) is 5.75 Å². The van der Waals surface area contributed by atoms with E-state index in [4.69, 9.17) is 4.74 Å². The van der Waals surface area contributed by atoms with Gasteiger partial charge < -0.3 is 9.64 Å². The SMILES string of the molecule is CCN(CC1=CCN2Cc3ccccc3OC=C12)CC1CC1. The molecule has 0 unspecified atom stereocenters. The fourth-order valence-electron chi connectivity index (χ4n) is 3.36. The third kappa shape index (κ3) is 2.78. The number of benzene rings is 1. The molecule has 1 aromatic rings. The summed E-state index contributed by atoms with van der Waals surface area (Å²) in [5, 5.41) is 0. The third-order valence-electron chi connectivity index (χ3n) is 4.91. The van der Waals surface area contributed by atoms with Gasteiger partial charge in [-0.2, -0.15) is 0 Å². The minimum Gasteiger partial charge on any atom is -0.462 e. The van der Waals surface area contributed by atoms with Crippen LogP contribution in [0.25, 0.3) is 0 Å². The van der Waals surface area contributed by atoms with Crippen LogP contribution in [0.5, 0.6) is 5.75 Å². The first-order chi connectivity index (χ1) is 10.8. The second-order valence-corrected chi connectivity index (χ2v) is 6.61. The fraction of sp³-hybridized carbons (Fsp3) is 0.474. The number of likely N-dealkylation sites (N-methyl/N-ethyl adjacent to an activating group) is 1. The minimum absolute atomic E-state index is 0.941. The Bertz CT molecular complexity index is 616. The first-order valence-corrected chi connectivity index (χ1v) is 8.45. The van der Waals surface area contributed by atoms with Crippen LogP contribution in [0.4, 0.5) is 0 Å². The molecule has 4 rings (SSSR count). The number of para-hydroxylation sites is 1. The van der Waals surface area contributed by atoms with Gasteiger partial charge in [0.25, 0.3) is 0 Å². The Kier molecular flexibility index (Phi) is 3.67. The van der Waals surface area contributed by atoms with E-state index in [0.717, 1.165) is 37.8 Å². The summed E-state index contributed by atoms with van der Waals surface area (Å²) >= 11 is 0. The summed E-state index contributed by atoms with van der Waals surface area (Å²) in [6, 6.07) is 8.35. The molecule has 3 heteroatoms. The molecule has 1 saturated carbocycles. The van der Waals surface area contributed by atoms with Crippen LogP contribution in [-0.4, -0.2) is 36.0 Å². The van der Waals surface area contributed by atoms with Crippen molar-refractivity contribution in [2.75, 3.05) is 26.2 Å². The first kappa shape index (κ1) is 13.9. The second kappa shape index (κ2) is 5.81. The Hall–Kier alpha value is -1.74. The number of ether oxygens (including phenoxy) is 1. The minimum atomic E-state index is 0.941. The second-order valence-electron chi connectivity index (χ2n) is 6.61. The Balaban J connectivity index is 1.48. The van der Waals surface area contributed by atoms with Crippen molar-refractivity contribution < 1.29 is 4.74 Å². The molecule has 22 heavy (non-hydrogen) atoms. The highest BCUT2D eigenvalue weighted by atomic mass is 16.5. The summed E-state index contributed by atoms with van der Waals surface area (Å²) in [6.45, 7) is 7.64. The number of hydrogen-bond donors (Lipinski definition) is 0. The Morgan fingerprint density at radius 3 is 2.95 bits per heavy atom. The summed E-state index contributed by atoms with van der Waals surface area (Å²) in [5.74, 6) is 1.94. The van der Waals surface area contributed by atoms with Crippen molar-refractivity contribution in [1.29, 1.82) is 0 Å². The van der Waals surface area contributed by atoms with E-state index in [1.54, 1.807) is 0 Å². The van der Waals surface area contributed by atoms with Crippen LogP contribution >= 0.6 is 0 Å². The van der Waals surface area contributed by atoms with E-state index in [1.165, 1.54) is 36.2 Å². The van der Waals surface area contributed by atoms with Gasteiger partial charge >= 0.3 is 0 Å². The molecule has 2 aliphatic heterocycles. The average molecular weight is 296 g/mol. The van der Waals surface area contributed by atoms with Gasteiger partial charge in [0.2, 0.25) is 0 Å². The van der Waals surface area contributed by atoms with Crippen LogP contribution in [0.15, 0.2) is 47.9 Å². The molecular formula is C19H24N2O. The van der Waals surface area contributed by atoms with Crippen molar-refractivity contribution in [2.45, 2.75) is 26.3 Å². The quantitative estimate of drug-likeness (QED) is 0.828. The van der Waals surface area contributed by atoms with Gasteiger partial charge in [-0.3, -0.25) is 4.90 Å². The van der Waals surface area contributed by atoms with Crippen molar-refractivity contribution >= 4 is 0 Å². The van der Waals surface area contributed by atoms with Crippen LogP contribution in [0.2, 0.25) is 0 Å². The maximum atomic E-state index is 5.94. The number of rotatable bonds is 5. The normalized spacial score (nSPS) is 20.0. The van der Waals surface area contributed by atoms with E-state index in [0.29, 0.717) is 0 Å².